The molecular weight excluding hydrogens is 737 g/mol. The van der Waals surface area contributed by atoms with Gasteiger partial charge in [-0.15, -0.1) is 22.7 Å². The van der Waals surface area contributed by atoms with Crippen LogP contribution in [0.2, 0.25) is 0 Å². The molecule has 0 aliphatic heterocycles. The minimum atomic E-state index is 1.24. The first-order valence-corrected chi connectivity index (χ1v) is 21.5. The van der Waals surface area contributed by atoms with Crippen molar-refractivity contribution in [3.8, 4) is 33.4 Å². The van der Waals surface area contributed by atoms with E-state index in [1.807, 2.05) is 22.7 Å². The molecule has 2 heterocycles. The predicted molar refractivity (Wildman–Crippen MR) is 256 cm³/mol. The fourth-order valence-corrected chi connectivity index (χ4v) is 12.1. The van der Waals surface area contributed by atoms with E-state index in [0.717, 1.165) is 0 Å². The lowest BCUT2D eigenvalue weighted by atomic mass is 9.84. The second kappa shape index (κ2) is 12.3. The van der Waals surface area contributed by atoms with E-state index in [-0.39, 0.29) is 0 Å². The van der Waals surface area contributed by atoms with Crippen molar-refractivity contribution in [1.29, 1.82) is 0 Å². The molecule has 0 aliphatic carbocycles. The molecule has 0 atom stereocenters. The molecule has 0 bridgehead atoms. The molecule has 0 N–H and O–H groups in total. The third kappa shape index (κ3) is 4.68. The fourth-order valence-electron chi connectivity index (χ4n) is 9.80. The summed E-state index contributed by atoms with van der Waals surface area (Å²) < 4.78 is 5.42. The molecule has 0 aliphatic rings. The van der Waals surface area contributed by atoms with Crippen molar-refractivity contribution in [2.24, 2.45) is 0 Å². The van der Waals surface area contributed by atoms with E-state index in [2.05, 4.69) is 194 Å². The first kappa shape index (κ1) is 32.3. The normalized spacial score (nSPS) is 12.1. The van der Waals surface area contributed by atoms with Crippen molar-refractivity contribution in [3.63, 3.8) is 0 Å². The van der Waals surface area contributed by atoms with Gasteiger partial charge in [-0.3, -0.25) is 0 Å². The summed E-state index contributed by atoms with van der Waals surface area (Å²) in [7, 11) is 0. The van der Waals surface area contributed by atoms with Crippen molar-refractivity contribution in [3.05, 3.63) is 194 Å². The highest BCUT2D eigenvalue weighted by molar-refractivity contribution is 7.28. The molecule has 0 amide bonds. The number of thiophene rings is 2. The van der Waals surface area contributed by atoms with Crippen molar-refractivity contribution >= 4 is 117 Å². The zero-order valence-corrected chi connectivity index (χ0v) is 32.9. The molecule has 268 valence electrons. The van der Waals surface area contributed by atoms with Crippen LogP contribution in [0.15, 0.2) is 194 Å². The van der Waals surface area contributed by atoms with Gasteiger partial charge in [-0.25, -0.2) is 0 Å². The van der Waals surface area contributed by atoms with Gasteiger partial charge in [0.2, 0.25) is 0 Å². The molecule has 13 aromatic rings. The molecule has 58 heavy (non-hydrogen) atoms. The zero-order chi connectivity index (χ0) is 37.9. The Labute approximate surface area is 342 Å². The quantitative estimate of drug-likeness (QED) is 0.157. The first-order valence-electron chi connectivity index (χ1n) is 19.9. The van der Waals surface area contributed by atoms with E-state index < -0.39 is 0 Å². The van der Waals surface area contributed by atoms with Crippen LogP contribution in [0.5, 0.6) is 0 Å². The molecule has 2 heteroatoms. The summed E-state index contributed by atoms with van der Waals surface area (Å²) in [6.45, 7) is 0. The molecule has 0 spiro atoms. The van der Waals surface area contributed by atoms with E-state index in [9.17, 15) is 0 Å². The molecule has 0 saturated heterocycles. The van der Waals surface area contributed by atoms with E-state index >= 15 is 0 Å². The summed E-state index contributed by atoms with van der Waals surface area (Å²) in [6.07, 6.45) is 0. The molecule has 0 nitrogen and oxygen atoms in total. The summed E-state index contributed by atoms with van der Waals surface area (Å²) in [4.78, 5) is 0. The molecular formula is C56H32S2. The van der Waals surface area contributed by atoms with Crippen molar-refractivity contribution in [2.75, 3.05) is 0 Å². The lowest BCUT2D eigenvalue weighted by Crippen LogP contribution is -1.91. The Balaban J connectivity index is 0.962. The van der Waals surface area contributed by atoms with Gasteiger partial charge in [-0.2, -0.15) is 0 Å². The molecule has 0 unspecified atom stereocenters. The Hall–Kier alpha value is -6.84. The van der Waals surface area contributed by atoms with Crippen LogP contribution in [-0.4, -0.2) is 0 Å². The Morgan fingerprint density at radius 1 is 0.259 bits per heavy atom. The van der Waals surface area contributed by atoms with Gasteiger partial charge in [0.25, 0.3) is 0 Å². The first-order chi connectivity index (χ1) is 28.7. The summed E-state index contributed by atoms with van der Waals surface area (Å²) in [5, 5.41) is 18.3. The second-order valence-corrected chi connectivity index (χ2v) is 17.7. The third-order valence-corrected chi connectivity index (χ3v) is 14.8. The van der Waals surface area contributed by atoms with Gasteiger partial charge in [0.15, 0.2) is 0 Å². The molecule has 0 saturated carbocycles. The standard InChI is InChI=1S/C56H32S2/c1-3-13-40-33(10-1)12-9-19-42(40)53-45-17-7-5-15-43(45)52(44-16-6-8-18-46(44)53)39-23-22-35-30-36(20-21-37(35)31-39)38-25-27-49-48(32-38)55-50(57-49)28-29-51-54(55)47-26-24-34-11-2-4-14-41(34)56(47)58-51/h1-32H. The number of benzene rings is 11. The minimum absolute atomic E-state index is 1.24. The molecule has 0 radical (unpaired) electrons. The van der Waals surface area contributed by atoms with Gasteiger partial charge in [-0.1, -0.05) is 158 Å². The molecule has 0 fully saturated rings. The van der Waals surface area contributed by atoms with Crippen LogP contribution < -0.4 is 0 Å². The number of hydrogen-bond acceptors (Lipinski definition) is 2. The summed E-state index contributed by atoms with van der Waals surface area (Å²) >= 11 is 3.83. The van der Waals surface area contributed by atoms with Crippen molar-refractivity contribution in [2.45, 2.75) is 0 Å². The highest BCUT2D eigenvalue weighted by atomic mass is 32.1. The molecule has 11 aromatic carbocycles. The van der Waals surface area contributed by atoms with Gasteiger partial charge in [0, 0.05) is 40.3 Å². The van der Waals surface area contributed by atoms with Gasteiger partial charge < -0.3 is 0 Å². The van der Waals surface area contributed by atoms with Crippen LogP contribution in [0.4, 0.5) is 0 Å². The zero-order valence-electron chi connectivity index (χ0n) is 31.3. The lowest BCUT2D eigenvalue weighted by molar-refractivity contribution is 1.67. The van der Waals surface area contributed by atoms with Crippen LogP contribution in [0.1, 0.15) is 0 Å². The minimum Gasteiger partial charge on any atom is -0.135 e. The molecule has 13 rings (SSSR count). The third-order valence-electron chi connectivity index (χ3n) is 12.4. The topological polar surface area (TPSA) is 0 Å². The molecule has 2 aromatic heterocycles. The Kier molecular flexibility index (Phi) is 6.86. The summed E-state index contributed by atoms with van der Waals surface area (Å²) in [5.41, 5.74) is 7.60. The number of rotatable bonds is 3. The maximum Gasteiger partial charge on any atom is 0.0434 e. The predicted octanol–water partition coefficient (Wildman–Crippen LogP) is 17.2. The van der Waals surface area contributed by atoms with Gasteiger partial charge >= 0.3 is 0 Å². The number of hydrogen-bond donors (Lipinski definition) is 0. The Morgan fingerprint density at radius 2 is 0.759 bits per heavy atom. The lowest BCUT2D eigenvalue weighted by Gasteiger charge is -2.19. The van der Waals surface area contributed by atoms with Gasteiger partial charge in [0.05, 0.1) is 0 Å². The summed E-state index contributed by atoms with van der Waals surface area (Å²) in [6, 6.07) is 72.6. The smallest absolute Gasteiger partial charge is 0.0434 e. The van der Waals surface area contributed by atoms with Gasteiger partial charge in [-0.05, 0) is 124 Å². The van der Waals surface area contributed by atoms with Crippen molar-refractivity contribution in [1.82, 2.24) is 0 Å². The maximum absolute atomic E-state index is 2.43. The summed E-state index contributed by atoms with van der Waals surface area (Å²) in [5.74, 6) is 0. The average molecular weight is 769 g/mol. The van der Waals surface area contributed by atoms with E-state index in [1.54, 1.807) is 0 Å². The number of fused-ring (bicyclic) bond motifs is 13. The van der Waals surface area contributed by atoms with E-state index in [4.69, 9.17) is 0 Å². The second-order valence-electron chi connectivity index (χ2n) is 15.5. The highest BCUT2D eigenvalue weighted by Gasteiger charge is 2.19. The van der Waals surface area contributed by atoms with Crippen LogP contribution >= 0.6 is 22.7 Å². The fraction of sp³-hybridized carbons (Fsp3) is 0. The highest BCUT2D eigenvalue weighted by Crippen LogP contribution is 2.48. The van der Waals surface area contributed by atoms with Crippen LogP contribution in [-0.2, 0) is 0 Å². The Morgan fingerprint density at radius 3 is 1.50 bits per heavy atom. The monoisotopic (exact) mass is 768 g/mol. The SMILES string of the molecule is c1ccc2c(-c3c4ccccc4c(-c4ccc5cc(-c6ccc7sc8ccc9sc%10c%11ccccc%11ccc%10c9c8c7c6)ccc5c4)c4ccccc34)cccc2c1. The van der Waals surface area contributed by atoms with Crippen LogP contribution in [0, 0.1) is 0 Å². The van der Waals surface area contributed by atoms with Crippen molar-refractivity contribution < 1.29 is 0 Å². The van der Waals surface area contributed by atoms with Crippen LogP contribution in [0.3, 0.4) is 0 Å². The van der Waals surface area contributed by atoms with E-state index in [0.29, 0.717) is 0 Å². The Bertz CT molecular complexity index is 3800. The van der Waals surface area contributed by atoms with Gasteiger partial charge in [0.1, 0.15) is 0 Å². The average Bonchev–Trinajstić information content (AvgIpc) is 3.86. The van der Waals surface area contributed by atoms with E-state index in [1.165, 1.54) is 128 Å². The largest absolute Gasteiger partial charge is 0.135 e. The maximum atomic E-state index is 2.43. The van der Waals surface area contributed by atoms with Crippen LogP contribution in [0.25, 0.3) is 128 Å².